The van der Waals surface area contributed by atoms with Crippen molar-refractivity contribution < 1.29 is 17.7 Å². The van der Waals surface area contributed by atoms with Crippen molar-refractivity contribution in [2.45, 2.75) is 4.90 Å². The molecule has 0 bridgehead atoms. The highest BCUT2D eigenvalue weighted by Gasteiger charge is 2.14. The summed E-state index contributed by atoms with van der Waals surface area (Å²) in [7, 11) is -4.39. The topological polar surface area (TPSA) is 112 Å². The van der Waals surface area contributed by atoms with Crippen molar-refractivity contribution in [3.8, 4) is 17.7 Å². The van der Waals surface area contributed by atoms with E-state index < -0.39 is 10.1 Å². The molecule has 2 N–H and O–H groups in total. The number of hydrogen-bond acceptors (Lipinski definition) is 6. The van der Waals surface area contributed by atoms with Crippen molar-refractivity contribution in [1.82, 2.24) is 5.32 Å². The predicted molar refractivity (Wildman–Crippen MR) is 92.1 cm³/mol. The zero-order valence-electron chi connectivity index (χ0n) is 12.5. The van der Waals surface area contributed by atoms with Crippen LogP contribution in [0.3, 0.4) is 0 Å². The predicted octanol–water partition coefficient (Wildman–Crippen LogP) is 3.15. The smallest absolute Gasteiger partial charge is 0.294 e. The second-order valence-electron chi connectivity index (χ2n) is 4.38. The molecule has 0 saturated heterocycles. The van der Waals surface area contributed by atoms with E-state index in [1.165, 1.54) is 30.0 Å². The quantitative estimate of drug-likeness (QED) is 0.282. The first-order valence-electron chi connectivity index (χ1n) is 6.56. The Morgan fingerprint density at radius 2 is 2.00 bits per heavy atom. The van der Waals surface area contributed by atoms with Crippen LogP contribution in [0.4, 0.5) is 5.69 Å². The van der Waals surface area contributed by atoms with Gasteiger partial charge >= 0.3 is 0 Å². The van der Waals surface area contributed by atoms with Crippen molar-refractivity contribution in [1.29, 1.82) is 5.26 Å². The van der Waals surface area contributed by atoms with E-state index in [1.807, 2.05) is 6.07 Å². The minimum absolute atomic E-state index is 0.154. The summed E-state index contributed by atoms with van der Waals surface area (Å²) in [6.45, 7) is 0. The largest absolute Gasteiger partial charge is 0.455 e. The summed E-state index contributed by atoms with van der Waals surface area (Å²) in [5, 5.41) is 11.3. The number of aliphatic imine (C=N–C) groups is 1. The normalized spacial score (nSPS) is 11.6. The van der Waals surface area contributed by atoms with E-state index >= 15 is 0 Å². The number of ether oxygens (including phenoxy) is 1. The molecule has 9 heteroatoms. The van der Waals surface area contributed by atoms with Crippen LogP contribution in [0.5, 0.6) is 11.5 Å². The highest BCUT2D eigenvalue weighted by Crippen LogP contribution is 2.34. The Hall–Kier alpha value is -2.54. The van der Waals surface area contributed by atoms with Gasteiger partial charge in [0.15, 0.2) is 17.1 Å². The fourth-order valence-electron chi connectivity index (χ4n) is 1.73. The fraction of sp³-hybridized carbons (Fsp3) is 0.0667. The lowest BCUT2D eigenvalue weighted by Crippen LogP contribution is -2.12. The molecule has 0 aliphatic carbocycles. The summed E-state index contributed by atoms with van der Waals surface area (Å²) in [4.78, 5) is 3.86. The standard InChI is InChI=1S/C15H13N3O4S2/c1-23-15(17-10-16)18-13-9-12(24(19,20)21)7-8-14(13)22-11-5-3-2-4-6-11/h2-9H,1H3,(H,17,18)(H,19,20,21). The first-order valence-corrected chi connectivity index (χ1v) is 9.22. The van der Waals surface area contributed by atoms with Gasteiger partial charge in [0.05, 0.1) is 4.90 Å². The molecule has 7 nitrogen and oxygen atoms in total. The van der Waals surface area contributed by atoms with E-state index in [0.29, 0.717) is 5.75 Å². The summed E-state index contributed by atoms with van der Waals surface area (Å²) in [5.41, 5.74) is 0.154. The Morgan fingerprint density at radius 1 is 1.29 bits per heavy atom. The lowest BCUT2D eigenvalue weighted by atomic mass is 10.3. The maximum absolute atomic E-state index is 11.3. The molecule has 0 aliphatic rings. The van der Waals surface area contributed by atoms with Crippen LogP contribution in [0.2, 0.25) is 0 Å². The number of thioether (sulfide) groups is 1. The van der Waals surface area contributed by atoms with Crippen LogP contribution in [0, 0.1) is 11.5 Å². The van der Waals surface area contributed by atoms with Crippen molar-refractivity contribution in [3.63, 3.8) is 0 Å². The van der Waals surface area contributed by atoms with Gasteiger partial charge in [-0.05, 0) is 36.6 Å². The van der Waals surface area contributed by atoms with Crippen molar-refractivity contribution in [2.75, 3.05) is 6.26 Å². The third-order valence-corrected chi connectivity index (χ3v) is 4.21. The highest BCUT2D eigenvalue weighted by atomic mass is 32.2. The lowest BCUT2D eigenvalue weighted by molar-refractivity contribution is 0.479. The van der Waals surface area contributed by atoms with Crippen molar-refractivity contribution >= 4 is 32.7 Å². The van der Waals surface area contributed by atoms with Gasteiger partial charge in [0.25, 0.3) is 10.1 Å². The third-order valence-electron chi connectivity index (χ3n) is 2.78. The third kappa shape index (κ3) is 4.73. The average molecular weight is 363 g/mol. The number of benzene rings is 2. The zero-order valence-corrected chi connectivity index (χ0v) is 14.1. The molecule has 0 aromatic heterocycles. The summed E-state index contributed by atoms with van der Waals surface area (Å²) >= 11 is 1.17. The number of nitriles is 1. The molecule has 2 rings (SSSR count). The molecule has 124 valence electrons. The first-order chi connectivity index (χ1) is 11.4. The van der Waals surface area contributed by atoms with Crippen LogP contribution in [-0.2, 0) is 10.1 Å². The monoisotopic (exact) mass is 363 g/mol. The van der Waals surface area contributed by atoms with Crippen LogP contribution in [-0.4, -0.2) is 24.4 Å². The van der Waals surface area contributed by atoms with Gasteiger partial charge in [-0.15, -0.1) is 0 Å². The van der Waals surface area contributed by atoms with Gasteiger partial charge in [-0.1, -0.05) is 30.0 Å². The molecule has 2 aromatic carbocycles. The van der Waals surface area contributed by atoms with Crippen molar-refractivity contribution in [3.05, 3.63) is 48.5 Å². The van der Waals surface area contributed by atoms with E-state index in [0.717, 1.165) is 0 Å². The molecule has 0 spiro atoms. The van der Waals surface area contributed by atoms with Gasteiger partial charge in [0, 0.05) is 0 Å². The minimum atomic E-state index is -4.39. The van der Waals surface area contributed by atoms with Gasteiger partial charge in [-0.25, -0.2) is 4.99 Å². The van der Waals surface area contributed by atoms with E-state index in [1.54, 1.807) is 36.7 Å². The molecule has 24 heavy (non-hydrogen) atoms. The van der Waals surface area contributed by atoms with Crippen LogP contribution in [0.15, 0.2) is 58.4 Å². The first kappa shape index (κ1) is 17.8. The van der Waals surface area contributed by atoms with Gasteiger partial charge in [-0.2, -0.15) is 13.7 Å². The van der Waals surface area contributed by atoms with E-state index in [-0.39, 0.29) is 21.5 Å². The molecule has 0 amide bonds. The van der Waals surface area contributed by atoms with Crippen LogP contribution in [0.25, 0.3) is 0 Å². The molecule has 0 aliphatic heterocycles. The lowest BCUT2D eigenvalue weighted by Gasteiger charge is -2.10. The summed E-state index contributed by atoms with van der Waals surface area (Å²) in [5.74, 6) is 0.812. The highest BCUT2D eigenvalue weighted by molar-refractivity contribution is 8.13. The SMILES string of the molecule is CSC(=Nc1cc(S(=O)(=O)O)ccc1Oc1ccccc1)NC#N. The second-order valence-corrected chi connectivity index (χ2v) is 6.59. The Morgan fingerprint density at radius 3 is 2.58 bits per heavy atom. The van der Waals surface area contributed by atoms with Gasteiger partial charge in [0.2, 0.25) is 0 Å². The molecule has 0 fully saturated rings. The fourth-order valence-corrected chi connectivity index (χ4v) is 2.57. The van der Waals surface area contributed by atoms with Gasteiger partial charge in [-0.3, -0.25) is 9.87 Å². The summed E-state index contributed by atoms with van der Waals surface area (Å²) in [6, 6.07) is 12.6. The Balaban J connectivity index is 2.51. The Labute approximate surface area is 143 Å². The number of nitrogens with one attached hydrogen (secondary N) is 1. The maximum atomic E-state index is 11.3. The Kier molecular flexibility index (Phi) is 5.81. The Bertz CT molecular complexity index is 891. The number of rotatable bonds is 4. The average Bonchev–Trinajstić information content (AvgIpc) is 2.56. The number of amidine groups is 1. The molecular formula is C15H13N3O4S2. The number of nitrogens with zero attached hydrogens (tertiary/aromatic N) is 2. The molecular weight excluding hydrogens is 350 g/mol. The number of para-hydroxylation sites is 1. The molecule has 0 heterocycles. The number of hydrogen-bond donors (Lipinski definition) is 2. The molecule has 0 atom stereocenters. The molecule has 2 aromatic rings. The van der Waals surface area contributed by atoms with Gasteiger partial charge < -0.3 is 4.74 Å². The van der Waals surface area contributed by atoms with Crippen LogP contribution in [0.1, 0.15) is 0 Å². The minimum Gasteiger partial charge on any atom is -0.455 e. The zero-order chi connectivity index (χ0) is 17.6. The second kappa shape index (κ2) is 7.83. The van der Waals surface area contributed by atoms with E-state index in [4.69, 9.17) is 10.00 Å². The van der Waals surface area contributed by atoms with Crippen LogP contribution < -0.4 is 10.1 Å². The molecule has 0 radical (unpaired) electrons. The van der Waals surface area contributed by atoms with Crippen molar-refractivity contribution in [2.24, 2.45) is 4.99 Å². The maximum Gasteiger partial charge on any atom is 0.294 e. The molecule has 0 saturated carbocycles. The van der Waals surface area contributed by atoms with E-state index in [2.05, 4.69) is 10.3 Å². The molecule has 0 unspecified atom stereocenters. The van der Waals surface area contributed by atoms with Gasteiger partial charge in [0.1, 0.15) is 11.4 Å². The summed E-state index contributed by atoms with van der Waals surface area (Å²) in [6.07, 6.45) is 3.44. The van der Waals surface area contributed by atoms with E-state index in [9.17, 15) is 13.0 Å². The van der Waals surface area contributed by atoms with Crippen LogP contribution >= 0.6 is 11.8 Å². The summed E-state index contributed by atoms with van der Waals surface area (Å²) < 4.78 is 37.6.